The van der Waals surface area contributed by atoms with Crippen LogP contribution in [0.1, 0.15) is 26.2 Å². The zero-order valence-corrected chi connectivity index (χ0v) is 7.25. The zero-order chi connectivity index (χ0) is 7.56. The van der Waals surface area contributed by atoms with Crippen LogP contribution in [0.25, 0.3) is 0 Å². The van der Waals surface area contributed by atoms with Gasteiger partial charge in [-0.05, 0) is 37.3 Å². The van der Waals surface area contributed by atoms with Crippen molar-refractivity contribution in [2.45, 2.75) is 26.2 Å². The van der Waals surface area contributed by atoms with Gasteiger partial charge in [0.2, 0.25) is 0 Å². The number of carbonyl (C=O) groups is 1. The van der Waals surface area contributed by atoms with Crippen LogP contribution >= 0.6 is 11.8 Å². The minimum absolute atomic E-state index is 0.266. The maximum Gasteiger partial charge on any atom is 0.156 e. The fourth-order valence-electron chi connectivity index (χ4n) is 1.31. The van der Waals surface area contributed by atoms with Crippen LogP contribution in [0.5, 0.6) is 0 Å². The van der Waals surface area contributed by atoms with Gasteiger partial charge < -0.3 is 0 Å². The van der Waals surface area contributed by atoms with Crippen LogP contribution in [-0.2, 0) is 4.79 Å². The van der Waals surface area contributed by atoms with E-state index in [0.717, 1.165) is 18.4 Å². The van der Waals surface area contributed by atoms with Gasteiger partial charge in [0.25, 0.3) is 0 Å². The molecule has 0 aliphatic heterocycles. The molecule has 56 valence electrons. The summed E-state index contributed by atoms with van der Waals surface area (Å²) in [6, 6.07) is 0. The molecule has 0 unspecified atom stereocenters. The fraction of sp³-hybridized carbons (Fsp3) is 0.625. The summed E-state index contributed by atoms with van der Waals surface area (Å²) in [6.07, 6.45) is 5.34. The monoisotopic (exact) mass is 156 g/mol. The van der Waals surface area contributed by atoms with Crippen molar-refractivity contribution in [2.75, 3.05) is 6.26 Å². The van der Waals surface area contributed by atoms with Crippen LogP contribution in [-0.4, -0.2) is 12.0 Å². The first kappa shape index (κ1) is 7.86. The predicted octanol–water partition coefficient (Wildman–Crippen LogP) is 2.38. The third kappa shape index (κ3) is 1.43. The molecule has 0 amide bonds. The first-order valence-electron chi connectivity index (χ1n) is 3.52. The quantitative estimate of drug-likeness (QED) is 0.610. The Hall–Kier alpha value is -0.240. The summed E-state index contributed by atoms with van der Waals surface area (Å²) >= 11 is 1.73. The largest absolute Gasteiger partial charge is 0.295 e. The molecular formula is C8H12OS. The van der Waals surface area contributed by atoms with Crippen molar-refractivity contribution >= 4 is 17.5 Å². The summed E-state index contributed by atoms with van der Waals surface area (Å²) in [5.41, 5.74) is 1.08. The molecule has 0 bridgehead atoms. The lowest BCUT2D eigenvalue weighted by Gasteiger charge is -1.97. The minimum atomic E-state index is 0.266. The number of hydrogen-bond donors (Lipinski definition) is 0. The van der Waals surface area contributed by atoms with Crippen LogP contribution < -0.4 is 0 Å². The summed E-state index contributed by atoms with van der Waals surface area (Å²) in [6.45, 7) is 1.66. The predicted molar refractivity (Wildman–Crippen MR) is 45.1 cm³/mol. The highest BCUT2D eigenvalue weighted by Crippen LogP contribution is 2.32. The van der Waals surface area contributed by atoms with Gasteiger partial charge in [-0.25, -0.2) is 0 Å². The molecule has 2 heteroatoms. The third-order valence-corrected chi connectivity index (χ3v) is 2.78. The number of ketones is 1. The van der Waals surface area contributed by atoms with Crippen molar-refractivity contribution in [2.24, 2.45) is 0 Å². The van der Waals surface area contributed by atoms with E-state index >= 15 is 0 Å². The molecule has 10 heavy (non-hydrogen) atoms. The average Bonchev–Trinajstić information content (AvgIpc) is 2.33. The van der Waals surface area contributed by atoms with Gasteiger partial charge >= 0.3 is 0 Å². The van der Waals surface area contributed by atoms with Gasteiger partial charge in [0.05, 0.1) is 0 Å². The second-order valence-electron chi connectivity index (χ2n) is 2.52. The second-order valence-corrected chi connectivity index (χ2v) is 3.42. The Balaban J connectivity index is 2.78. The summed E-state index contributed by atoms with van der Waals surface area (Å²) in [5.74, 6) is 0.266. The number of carbonyl (C=O) groups excluding carboxylic acids is 1. The number of hydrogen-bond acceptors (Lipinski definition) is 2. The van der Waals surface area contributed by atoms with Crippen LogP contribution in [0.2, 0.25) is 0 Å². The summed E-state index contributed by atoms with van der Waals surface area (Å²) in [5, 5.41) is 0. The van der Waals surface area contributed by atoms with E-state index in [0.29, 0.717) is 0 Å². The first-order chi connectivity index (χ1) is 4.75. The SMILES string of the molecule is CSC1=C(C(C)=O)CCC1. The lowest BCUT2D eigenvalue weighted by Crippen LogP contribution is -1.93. The van der Waals surface area contributed by atoms with E-state index in [1.165, 1.54) is 11.3 Å². The highest BCUT2D eigenvalue weighted by atomic mass is 32.2. The number of rotatable bonds is 2. The van der Waals surface area contributed by atoms with Crippen LogP contribution in [0.15, 0.2) is 10.5 Å². The molecule has 0 saturated heterocycles. The van der Waals surface area contributed by atoms with Crippen molar-refractivity contribution in [1.29, 1.82) is 0 Å². The van der Waals surface area contributed by atoms with E-state index in [9.17, 15) is 4.79 Å². The lowest BCUT2D eigenvalue weighted by atomic mass is 10.2. The van der Waals surface area contributed by atoms with E-state index in [-0.39, 0.29) is 5.78 Å². The van der Waals surface area contributed by atoms with Gasteiger partial charge in [0.1, 0.15) is 0 Å². The number of allylic oxidation sites excluding steroid dienone is 2. The van der Waals surface area contributed by atoms with Crippen molar-refractivity contribution in [3.8, 4) is 0 Å². The lowest BCUT2D eigenvalue weighted by molar-refractivity contribution is -0.113. The zero-order valence-electron chi connectivity index (χ0n) is 6.44. The Kier molecular flexibility index (Phi) is 2.55. The molecule has 0 aromatic heterocycles. The standard InChI is InChI=1S/C8H12OS/c1-6(9)7-4-3-5-8(7)10-2/h3-5H2,1-2H3. The Labute approximate surface area is 65.9 Å². The molecule has 1 rings (SSSR count). The molecule has 0 spiro atoms. The van der Waals surface area contributed by atoms with Gasteiger partial charge in [-0.3, -0.25) is 4.79 Å². The van der Waals surface area contributed by atoms with Crippen molar-refractivity contribution < 1.29 is 4.79 Å². The molecule has 1 aliphatic carbocycles. The normalized spacial score (nSPS) is 18.2. The smallest absolute Gasteiger partial charge is 0.156 e. The Morgan fingerprint density at radius 1 is 1.50 bits per heavy atom. The van der Waals surface area contributed by atoms with Crippen LogP contribution in [0, 0.1) is 0 Å². The summed E-state index contributed by atoms with van der Waals surface area (Å²) in [4.78, 5) is 12.3. The molecule has 0 aromatic carbocycles. The number of thioether (sulfide) groups is 1. The average molecular weight is 156 g/mol. The summed E-state index contributed by atoms with van der Waals surface area (Å²) in [7, 11) is 0. The molecule has 0 radical (unpaired) electrons. The Morgan fingerprint density at radius 2 is 2.20 bits per heavy atom. The molecule has 0 atom stereocenters. The Morgan fingerprint density at radius 3 is 2.60 bits per heavy atom. The molecule has 0 N–H and O–H groups in total. The van der Waals surface area contributed by atoms with Crippen molar-refractivity contribution in [3.05, 3.63) is 10.5 Å². The van der Waals surface area contributed by atoms with Crippen LogP contribution in [0.3, 0.4) is 0 Å². The van der Waals surface area contributed by atoms with Crippen molar-refractivity contribution in [1.82, 2.24) is 0 Å². The Bertz CT molecular complexity index is 182. The van der Waals surface area contributed by atoms with E-state index in [1.54, 1.807) is 18.7 Å². The second kappa shape index (κ2) is 3.24. The van der Waals surface area contributed by atoms with E-state index in [4.69, 9.17) is 0 Å². The highest BCUT2D eigenvalue weighted by Gasteiger charge is 2.16. The van der Waals surface area contributed by atoms with E-state index in [1.807, 2.05) is 6.26 Å². The topological polar surface area (TPSA) is 17.1 Å². The first-order valence-corrected chi connectivity index (χ1v) is 4.75. The van der Waals surface area contributed by atoms with E-state index < -0.39 is 0 Å². The van der Waals surface area contributed by atoms with E-state index in [2.05, 4.69) is 0 Å². The van der Waals surface area contributed by atoms with Crippen LogP contribution in [0.4, 0.5) is 0 Å². The third-order valence-electron chi connectivity index (χ3n) is 1.84. The minimum Gasteiger partial charge on any atom is -0.295 e. The molecule has 1 nitrogen and oxygen atoms in total. The highest BCUT2D eigenvalue weighted by molar-refractivity contribution is 8.02. The molecule has 0 fully saturated rings. The fourth-order valence-corrected chi connectivity index (χ4v) is 2.15. The number of Topliss-reactive ketones (excluding diaryl/α,β-unsaturated/α-hetero) is 1. The molecule has 1 aliphatic rings. The van der Waals surface area contributed by atoms with Gasteiger partial charge in [-0.1, -0.05) is 0 Å². The van der Waals surface area contributed by atoms with Gasteiger partial charge in [0.15, 0.2) is 5.78 Å². The van der Waals surface area contributed by atoms with Gasteiger partial charge in [-0.2, -0.15) is 0 Å². The molecule has 0 saturated carbocycles. The van der Waals surface area contributed by atoms with Crippen molar-refractivity contribution in [3.63, 3.8) is 0 Å². The molecule has 0 aromatic rings. The van der Waals surface area contributed by atoms with Gasteiger partial charge in [0, 0.05) is 5.57 Å². The molecule has 0 heterocycles. The summed E-state index contributed by atoms with van der Waals surface area (Å²) < 4.78 is 0. The molecular weight excluding hydrogens is 144 g/mol. The maximum absolute atomic E-state index is 10.9. The maximum atomic E-state index is 10.9. The van der Waals surface area contributed by atoms with Gasteiger partial charge in [-0.15, -0.1) is 11.8 Å².